The van der Waals surface area contributed by atoms with Gasteiger partial charge < -0.3 is 5.32 Å². The van der Waals surface area contributed by atoms with Crippen LogP contribution in [0.1, 0.15) is 41.7 Å². The summed E-state index contributed by atoms with van der Waals surface area (Å²) in [5, 5.41) is 2.90. The minimum atomic E-state index is -3.45. The standard InChI is InChI=1S/C18H21N3O3S/c1-14(15-8-10-19-11-9-15)20-18(22)16-4-6-17(7-5-16)25(23,24)21-12-2-3-13-21/h4-11,14H,2-3,12-13H2,1H3,(H,20,22). The van der Waals surface area contributed by atoms with Crippen LogP contribution < -0.4 is 5.32 Å². The Morgan fingerprint density at radius 3 is 2.28 bits per heavy atom. The Hall–Kier alpha value is -2.25. The molecule has 2 heterocycles. The van der Waals surface area contributed by atoms with Crippen LogP contribution in [0.3, 0.4) is 0 Å². The van der Waals surface area contributed by atoms with E-state index in [4.69, 9.17) is 0 Å². The molecule has 0 saturated carbocycles. The number of aromatic nitrogens is 1. The Morgan fingerprint density at radius 1 is 1.08 bits per heavy atom. The second-order valence-corrected chi connectivity index (χ2v) is 8.05. The van der Waals surface area contributed by atoms with Gasteiger partial charge in [-0.25, -0.2) is 8.42 Å². The van der Waals surface area contributed by atoms with Gasteiger partial charge in [0.2, 0.25) is 10.0 Å². The highest BCUT2D eigenvalue weighted by molar-refractivity contribution is 7.89. The van der Waals surface area contributed by atoms with E-state index in [0.717, 1.165) is 18.4 Å². The first-order chi connectivity index (χ1) is 12.0. The summed E-state index contributed by atoms with van der Waals surface area (Å²) in [4.78, 5) is 16.5. The van der Waals surface area contributed by atoms with Crippen molar-refractivity contribution in [3.63, 3.8) is 0 Å². The number of hydrogen-bond donors (Lipinski definition) is 1. The molecule has 7 heteroatoms. The number of nitrogens with one attached hydrogen (secondary N) is 1. The summed E-state index contributed by atoms with van der Waals surface area (Å²) in [6.07, 6.45) is 5.14. The summed E-state index contributed by atoms with van der Waals surface area (Å²) in [6.45, 7) is 3.02. The number of rotatable bonds is 5. The maximum atomic E-state index is 12.5. The molecule has 1 unspecified atom stereocenters. The maximum Gasteiger partial charge on any atom is 0.251 e. The highest BCUT2D eigenvalue weighted by Gasteiger charge is 2.27. The molecule has 0 radical (unpaired) electrons. The van der Waals surface area contributed by atoms with Crippen molar-refractivity contribution in [3.8, 4) is 0 Å². The molecule has 1 aliphatic heterocycles. The fourth-order valence-corrected chi connectivity index (χ4v) is 4.39. The van der Waals surface area contributed by atoms with Crippen molar-refractivity contribution in [1.82, 2.24) is 14.6 Å². The number of carbonyl (C=O) groups is 1. The van der Waals surface area contributed by atoms with Gasteiger partial charge in [-0.1, -0.05) is 0 Å². The molecule has 1 atom stereocenters. The van der Waals surface area contributed by atoms with E-state index in [9.17, 15) is 13.2 Å². The molecule has 0 bridgehead atoms. The van der Waals surface area contributed by atoms with E-state index in [1.165, 1.54) is 16.4 Å². The fraction of sp³-hybridized carbons (Fsp3) is 0.333. The van der Waals surface area contributed by atoms with Gasteiger partial charge in [-0.05, 0) is 61.7 Å². The maximum absolute atomic E-state index is 12.5. The van der Waals surface area contributed by atoms with Gasteiger partial charge in [-0.15, -0.1) is 0 Å². The average Bonchev–Trinajstić information content (AvgIpc) is 3.18. The predicted octanol–water partition coefficient (Wildman–Crippen LogP) is 2.36. The highest BCUT2D eigenvalue weighted by atomic mass is 32.2. The number of sulfonamides is 1. The van der Waals surface area contributed by atoms with E-state index >= 15 is 0 Å². The molecular weight excluding hydrogens is 338 g/mol. The summed E-state index contributed by atoms with van der Waals surface area (Å²) in [6, 6.07) is 9.63. The smallest absolute Gasteiger partial charge is 0.251 e. The van der Waals surface area contributed by atoms with Crippen LogP contribution in [-0.4, -0.2) is 36.7 Å². The first kappa shape index (κ1) is 17.6. The summed E-state index contributed by atoms with van der Waals surface area (Å²) in [5.41, 5.74) is 1.39. The van der Waals surface area contributed by atoms with Crippen molar-refractivity contribution < 1.29 is 13.2 Å². The minimum Gasteiger partial charge on any atom is -0.346 e. The van der Waals surface area contributed by atoms with E-state index in [0.29, 0.717) is 18.7 Å². The fourth-order valence-electron chi connectivity index (χ4n) is 2.87. The van der Waals surface area contributed by atoms with Crippen LogP contribution in [0.25, 0.3) is 0 Å². The van der Waals surface area contributed by atoms with E-state index in [1.54, 1.807) is 24.5 Å². The van der Waals surface area contributed by atoms with Gasteiger partial charge in [0, 0.05) is 31.0 Å². The Balaban J connectivity index is 1.70. The van der Waals surface area contributed by atoms with Gasteiger partial charge >= 0.3 is 0 Å². The highest BCUT2D eigenvalue weighted by Crippen LogP contribution is 2.21. The molecule has 2 aromatic rings. The largest absolute Gasteiger partial charge is 0.346 e. The molecule has 0 aliphatic carbocycles. The van der Waals surface area contributed by atoms with E-state index in [-0.39, 0.29) is 16.8 Å². The van der Waals surface area contributed by atoms with E-state index < -0.39 is 10.0 Å². The second-order valence-electron chi connectivity index (χ2n) is 6.11. The third kappa shape index (κ3) is 3.88. The zero-order chi connectivity index (χ0) is 17.9. The lowest BCUT2D eigenvalue weighted by atomic mass is 10.1. The summed E-state index contributed by atoms with van der Waals surface area (Å²) < 4.78 is 26.5. The lowest BCUT2D eigenvalue weighted by Gasteiger charge is -2.16. The SMILES string of the molecule is CC(NC(=O)c1ccc(S(=O)(=O)N2CCCC2)cc1)c1ccncc1. The lowest BCUT2D eigenvalue weighted by molar-refractivity contribution is 0.0939. The van der Waals surface area contributed by atoms with Gasteiger partial charge in [0.05, 0.1) is 10.9 Å². The zero-order valence-corrected chi connectivity index (χ0v) is 14.9. The molecule has 1 saturated heterocycles. The van der Waals surface area contributed by atoms with Crippen LogP contribution in [-0.2, 0) is 10.0 Å². The quantitative estimate of drug-likeness (QED) is 0.889. The van der Waals surface area contributed by atoms with Gasteiger partial charge in [-0.2, -0.15) is 4.31 Å². The summed E-state index contributed by atoms with van der Waals surface area (Å²) in [5.74, 6) is -0.241. The minimum absolute atomic E-state index is 0.163. The van der Waals surface area contributed by atoms with Crippen molar-refractivity contribution in [2.75, 3.05) is 13.1 Å². The van der Waals surface area contributed by atoms with E-state index in [2.05, 4.69) is 10.3 Å². The molecule has 6 nitrogen and oxygen atoms in total. The molecule has 0 spiro atoms. The van der Waals surface area contributed by atoms with Crippen LogP contribution in [0.2, 0.25) is 0 Å². The van der Waals surface area contributed by atoms with Crippen molar-refractivity contribution in [2.24, 2.45) is 0 Å². The lowest BCUT2D eigenvalue weighted by Crippen LogP contribution is -2.28. The number of pyridine rings is 1. The third-order valence-electron chi connectivity index (χ3n) is 4.37. The Morgan fingerprint density at radius 2 is 1.68 bits per heavy atom. The Labute approximate surface area is 147 Å². The average molecular weight is 359 g/mol. The molecule has 1 N–H and O–H groups in total. The number of nitrogens with zero attached hydrogens (tertiary/aromatic N) is 2. The molecule has 132 valence electrons. The zero-order valence-electron chi connectivity index (χ0n) is 14.1. The normalized spacial score (nSPS) is 16.5. The number of benzene rings is 1. The summed E-state index contributed by atoms with van der Waals surface area (Å²) >= 11 is 0. The first-order valence-electron chi connectivity index (χ1n) is 8.29. The molecule has 1 fully saturated rings. The number of hydrogen-bond acceptors (Lipinski definition) is 4. The van der Waals surface area contributed by atoms with Crippen LogP contribution in [0.4, 0.5) is 0 Å². The van der Waals surface area contributed by atoms with Gasteiger partial charge in [0.1, 0.15) is 0 Å². The molecule has 3 rings (SSSR count). The monoisotopic (exact) mass is 359 g/mol. The van der Waals surface area contributed by atoms with Crippen LogP contribution >= 0.6 is 0 Å². The van der Waals surface area contributed by atoms with Gasteiger partial charge in [0.15, 0.2) is 0 Å². The number of carbonyl (C=O) groups excluding carboxylic acids is 1. The van der Waals surface area contributed by atoms with Gasteiger partial charge in [0.25, 0.3) is 5.91 Å². The summed E-state index contributed by atoms with van der Waals surface area (Å²) in [7, 11) is -3.45. The first-order valence-corrected chi connectivity index (χ1v) is 9.73. The third-order valence-corrected chi connectivity index (χ3v) is 6.29. The molecule has 1 amide bonds. The Kier molecular flexibility index (Phi) is 5.15. The van der Waals surface area contributed by atoms with Crippen LogP contribution in [0.5, 0.6) is 0 Å². The molecule has 1 aliphatic rings. The van der Waals surface area contributed by atoms with Crippen molar-refractivity contribution in [2.45, 2.75) is 30.7 Å². The van der Waals surface area contributed by atoms with Crippen molar-refractivity contribution >= 4 is 15.9 Å². The van der Waals surface area contributed by atoms with Gasteiger partial charge in [-0.3, -0.25) is 9.78 Å². The van der Waals surface area contributed by atoms with E-state index in [1.807, 2.05) is 19.1 Å². The van der Waals surface area contributed by atoms with Crippen molar-refractivity contribution in [1.29, 1.82) is 0 Å². The Bertz CT molecular complexity index is 830. The molecule has 1 aromatic carbocycles. The number of amides is 1. The van der Waals surface area contributed by atoms with Crippen LogP contribution in [0, 0.1) is 0 Å². The topological polar surface area (TPSA) is 79.4 Å². The molecular formula is C18H21N3O3S. The predicted molar refractivity (Wildman–Crippen MR) is 94.6 cm³/mol. The molecule has 25 heavy (non-hydrogen) atoms. The van der Waals surface area contributed by atoms with Crippen molar-refractivity contribution in [3.05, 3.63) is 59.9 Å². The second kappa shape index (κ2) is 7.33. The van der Waals surface area contributed by atoms with Crippen LogP contribution in [0.15, 0.2) is 53.7 Å². The molecule has 1 aromatic heterocycles.